The molecule has 0 spiro atoms. The van der Waals surface area contributed by atoms with Crippen LogP contribution in [0.25, 0.3) is 11.0 Å². The molecule has 1 N–H and O–H groups in total. The minimum absolute atomic E-state index is 0.141. The number of nitrogens with zero attached hydrogens (tertiary/aromatic N) is 3. The van der Waals surface area contributed by atoms with E-state index in [-0.39, 0.29) is 15.2 Å². The molecule has 166 valence electrons. The lowest BCUT2D eigenvalue weighted by Gasteiger charge is -2.26. The van der Waals surface area contributed by atoms with Gasteiger partial charge in [-0.05, 0) is 37.0 Å². The molecule has 0 bridgehead atoms. The first-order valence-electron chi connectivity index (χ1n) is 11.0. The molecule has 31 heavy (non-hydrogen) atoms. The Balaban J connectivity index is 1.79. The molecule has 1 saturated carbocycles. The van der Waals surface area contributed by atoms with Crippen molar-refractivity contribution in [1.82, 2.24) is 9.55 Å². The fourth-order valence-corrected chi connectivity index (χ4v) is 5.90. The smallest absolute Gasteiger partial charge is 0.232 e. The predicted molar refractivity (Wildman–Crippen MR) is 119 cm³/mol. The van der Waals surface area contributed by atoms with Crippen LogP contribution in [-0.4, -0.2) is 23.2 Å². The standard InChI is InChI=1S/C24H32N3O3S/c1-17-14-20(12-13-27(17)28)31(29,30)19-10-11-22-21(15-19)25-23(24(2,3)4)26(22)16-18-8-6-5-7-9-18/h10-15,18,28H,5-9,16H2,1-4H3/q+1. The molecular weight excluding hydrogens is 410 g/mol. The summed E-state index contributed by atoms with van der Waals surface area (Å²) in [7, 11) is -3.71. The summed E-state index contributed by atoms with van der Waals surface area (Å²) in [5.74, 6) is 1.65. The number of hydrogen-bond donors (Lipinski definition) is 1. The molecule has 1 aromatic carbocycles. The number of benzene rings is 1. The molecule has 4 rings (SSSR count). The van der Waals surface area contributed by atoms with Gasteiger partial charge in [0.15, 0.2) is 0 Å². The number of aryl methyl sites for hydroxylation is 1. The summed E-state index contributed by atoms with van der Waals surface area (Å²) < 4.78 is 29.7. The summed E-state index contributed by atoms with van der Waals surface area (Å²) in [5, 5.41) is 9.67. The normalized spacial score (nSPS) is 16.1. The van der Waals surface area contributed by atoms with Crippen molar-refractivity contribution >= 4 is 20.9 Å². The molecule has 6 nitrogen and oxygen atoms in total. The lowest BCUT2D eigenvalue weighted by atomic mass is 9.88. The fourth-order valence-electron chi connectivity index (χ4n) is 4.55. The Morgan fingerprint density at radius 2 is 1.77 bits per heavy atom. The van der Waals surface area contributed by atoms with Crippen molar-refractivity contribution in [3.8, 4) is 0 Å². The maximum atomic E-state index is 13.2. The average Bonchev–Trinajstić information content (AvgIpc) is 3.09. The van der Waals surface area contributed by atoms with Gasteiger partial charge in [0.2, 0.25) is 21.7 Å². The molecule has 3 aromatic rings. The minimum Gasteiger partial charge on any atom is -0.327 e. The molecule has 0 radical (unpaired) electrons. The zero-order chi connectivity index (χ0) is 22.4. The summed E-state index contributed by atoms with van der Waals surface area (Å²) >= 11 is 0. The first-order valence-corrected chi connectivity index (χ1v) is 12.5. The van der Waals surface area contributed by atoms with Crippen LogP contribution in [0.1, 0.15) is 64.4 Å². The Kier molecular flexibility index (Phi) is 5.58. The third-order valence-corrected chi connectivity index (χ3v) is 8.02. The van der Waals surface area contributed by atoms with E-state index >= 15 is 0 Å². The van der Waals surface area contributed by atoms with Crippen LogP contribution in [0, 0.1) is 12.8 Å². The van der Waals surface area contributed by atoms with Gasteiger partial charge in [-0.3, -0.25) is 5.21 Å². The van der Waals surface area contributed by atoms with E-state index in [1.54, 1.807) is 19.1 Å². The third-order valence-electron chi connectivity index (χ3n) is 6.27. The molecule has 0 amide bonds. The van der Waals surface area contributed by atoms with E-state index in [9.17, 15) is 13.6 Å². The van der Waals surface area contributed by atoms with E-state index < -0.39 is 9.84 Å². The van der Waals surface area contributed by atoms with E-state index in [2.05, 4.69) is 25.3 Å². The van der Waals surface area contributed by atoms with Gasteiger partial charge in [0.05, 0.1) is 20.8 Å². The SMILES string of the molecule is Cc1cc(S(=O)(=O)c2ccc3c(c2)nc(C(C)(C)C)n3CC2CCCCC2)cc[n+]1O. The van der Waals surface area contributed by atoms with Gasteiger partial charge >= 0.3 is 0 Å². The van der Waals surface area contributed by atoms with E-state index in [4.69, 9.17) is 4.98 Å². The summed E-state index contributed by atoms with van der Waals surface area (Å²) in [6, 6.07) is 8.15. The molecule has 7 heteroatoms. The van der Waals surface area contributed by atoms with E-state index in [1.165, 1.54) is 50.4 Å². The number of hydrogen-bond acceptors (Lipinski definition) is 4. The van der Waals surface area contributed by atoms with Crippen LogP contribution >= 0.6 is 0 Å². The maximum Gasteiger partial charge on any atom is 0.232 e. The predicted octanol–water partition coefficient (Wildman–Crippen LogP) is 4.58. The highest BCUT2D eigenvalue weighted by molar-refractivity contribution is 7.91. The Labute approximate surface area is 184 Å². The van der Waals surface area contributed by atoms with Gasteiger partial charge in [-0.25, -0.2) is 13.4 Å². The van der Waals surface area contributed by atoms with E-state index in [0.717, 1.165) is 22.6 Å². The van der Waals surface area contributed by atoms with Crippen LogP contribution in [0.4, 0.5) is 0 Å². The van der Waals surface area contributed by atoms with Crippen molar-refractivity contribution in [3.63, 3.8) is 0 Å². The van der Waals surface area contributed by atoms with Gasteiger partial charge in [-0.2, -0.15) is 0 Å². The van der Waals surface area contributed by atoms with E-state index in [0.29, 0.717) is 17.1 Å². The number of fused-ring (bicyclic) bond motifs is 1. The Bertz CT molecular complexity index is 1220. The number of pyridine rings is 1. The minimum atomic E-state index is -3.71. The van der Waals surface area contributed by atoms with Crippen molar-refractivity contribution in [2.75, 3.05) is 0 Å². The molecule has 1 aliphatic rings. The van der Waals surface area contributed by atoms with Gasteiger partial charge in [0.25, 0.3) is 0 Å². The molecule has 0 aliphatic heterocycles. The highest BCUT2D eigenvalue weighted by atomic mass is 32.2. The van der Waals surface area contributed by atoms with Crippen LogP contribution in [-0.2, 0) is 21.8 Å². The van der Waals surface area contributed by atoms with Crippen LogP contribution in [0.5, 0.6) is 0 Å². The highest BCUT2D eigenvalue weighted by Gasteiger charge is 2.27. The highest BCUT2D eigenvalue weighted by Crippen LogP contribution is 2.33. The Morgan fingerprint density at radius 3 is 2.42 bits per heavy atom. The number of imidazole rings is 1. The fraction of sp³-hybridized carbons (Fsp3) is 0.500. The zero-order valence-electron chi connectivity index (χ0n) is 18.8. The monoisotopic (exact) mass is 442 g/mol. The molecule has 1 fully saturated rings. The molecule has 0 atom stereocenters. The van der Waals surface area contributed by atoms with Crippen molar-refractivity contribution < 1.29 is 18.4 Å². The first-order chi connectivity index (χ1) is 14.6. The molecule has 0 unspecified atom stereocenters. The molecule has 2 aromatic heterocycles. The second kappa shape index (κ2) is 7.93. The van der Waals surface area contributed by atoms with Crippen LogP contribution < -0.4 is 4.73 Å². The lowest BCUT2D eigenvalue weighted by Crippen LogP contribution is -2.33. The van der Waals surface area contributed by atoms with Crippen LogP contribution in [0.2, 0.25) is 0 Å². The second-order valence-corrected chi connectivity index (χ2v) is 11.8. The van der Waals surface area contributed by atoms with Gasteiger partial charge in [-0.15, -0.1) is 0 Å². The summed E-state index contributed by atoms with van der Waals surface area (Å²) in [6.45, 7) is 9.05. The zero-order valence-corrected chi connectivity index (χ0v) is 19.6. The summed E-state index contributed by atoms with van der Waals surface area (Å²) in [4.78, 5) is 5.28. The number of rotatable bonds is 4. The van der Waals surface area contributed by atoms with Gasteiger partial charge in [0, 0.05) is 35.7 Å². The second-order valence-electron chi connectivity index (χ2n) is 9.80. The number of aromatic nitrogens is 3. The van der Waals surface area contributed by atoms with Gasteiger partial charge in [-0.1, -0.05) is 40.0 Å². The van der Waals surface area contributed by atoms with Crippen molar-refractivity contribution in [2.24, 2.45) is 5.92 Å². The van der Waals surface area contributed by atoms with Gasteiger partial charge in [0.1, 0.15) is 5.82 Å². The molecule has 2 heterocycles. The van der Waals surface area contributed by atoms with Gasteiger partial charge < -0.3 is 4.57 Å². The van der Waals surface area contributed by atoms with E-state index in [1.807, 2.05) is 6.07 Å². The van der Waals surface area contributed by atoms with Crippen molar-refractivity contribution in [1.29, 1.82) is 0 Å². The Hall–Kier alpha value is -2.41. The molecular formula is C24H32N3O3S+. The molecule has 0 saturated heterocycles. The Morgan fingerprint density at radius 1 is 1.10 bits per heavy atom. The third kappa shape index (κ3) is 4.20. The van der Waals surface area contributed by atoms with Crippen LogP contribution in [0.3, 0.4) is 0 Å². The largest absolute Gasteiger partial charge is 0.327 e. The van der Waals surface area contributed by atoms with Crippen molar-refractivity contribution in [3.05, 3.63) is 48.0 Å². The van der Waals surface area contributed by atoms with Crippen molar-refractivity contribution in [2.45, 2.75) is 81.5 Å². The average molecular weight is 443 g/mol. The molecule has 1 aliphatic carbocycles. The maximum absolute atomic E-state index is 13.2. The number of sulfone groups is 1. The first kappa shape index (κ1) is 21.8. The lowest BCUT2D eigenvalue weighted by molar-refractivity contribution is -0.909. The van der Waals surface area contributed by atoms with Crippen LogP contribution in [0.15, 0.2) is 46.3 Å². The summed E-state index contributed by atoms with van der Waals surface area (Å²) in [5.41, 5.74) is 2.02. The quantitative estimate of drug-likeness (QED) is 0.474. The summed E-state index contributed by atoms with van der Waals surface area (Å²) in [6.07, 6.45) is 7.73. The topological polar surface area (TPSA) is 76.1 Å².